The number of aromatic nitrogens is 1. The van der Waals surface area contributed by atoms with Crippen molar-refractivity contribution >= 4 is 28.2 Å². The van der Waals surface area contributed by atoms with Gasteiger partial charge in [-0.3, -0.25) is 9.59 Å². The second kappa shape index (κ2) is 9.92. The number of Topliss-reactive ketones (excluding diaryl/α,β-unsaturated/α-hetero) is 1. The Labute approximate surface area is 198 Å². The summed E-state index contributed by atoms with van der Waals surface area (Å²) >= 11 is 1.45. The standard InChI is InChI=1S/C28H26N2O2S/c1-18-10-13-22(14-11-18)27-26(21-7-5-4-6-8-21)30-28(33-27)29-25(32)16-15-24(31)23-17-19(2)9-12-20(23)3/h4-14,17H,15-16H2,1-3H3,(H,29,30,32). The molecule has 0 aliphatic rings. The van der Waals surface area contributed by atoms with Crippen LogP contribution in [0.25, 0.3) is 21.7 Å². The van der Waals surface area contributed by atoms with Crippen LogP contribution in [0.1, 0.15) is 39.9 Å². The topological polar surface area (TPSA) is 59.1 Å². The van der Waals surface area contributed by atoms with Crippen LogP contribution in [-0.2, 0) is 4.79 Å². The van der Waals surface area contributed by atoms with E-state index in [0.29, 0.717) is 10.7 Å². The Morgan fingerprint density at radius 3 is 2.24 bits per heavy atom. The van der Waals surface area contributed by atoms with Crippen LogP contribution in [0.4, 0.5) is 5.13 Å². The Hall–Kier alpha value is -3.57. The normalized spacial score (nSPS) is 10.8. The van der Waals surface area contributed by atoms with Gasteiger partial charge in [0.15, 0.2) is 10.9 Å². The first kappa shape index (κ1) is 22.6. The number of anilines is 1. The highest BCUT2D eigenvalue weighted by molar-refractivity contribution is 7.19. The zero-order chi connectivity index (χ0) is 23.4. The number of nitrogens with one attached hydrogen (secondary N) is 1. The molecule has 4 aromatic rings. The number of ketones is 1. The first-order valence-electron chi connectivity index (χ1n) is 10.9. The van der Waals surface area contributed by atoms with Gasteiger partial charge in [0.1, 0.15) is 0 Å². The molecule has 1 aromatic heterocycles. The quantitative estimate of drug-likeness (QED) is 0.306. The highest BCUT2D eigenvalue weighted by atomic mass is 32.1. The summed E-state index contributed by atoms with van der Waals surface area (Å²) in [5.41, 5.74) is 6.73. The van der Waals surface area contributed by atoms with E-state index in [0.717, 1.165) is 32.8 Å². The smallest absolute Gasteiger partial charge is 0.226 e. The van der Waals surface area contributed by atoms with Crippen molar-refractivity contribution in [3.63, 3.8) is 0 Å². The highest BCUT2D eigenvalue weighted by Gasteiger charge is 2.17. The number of aryl methyl sites for hydroxylation is 3. The van der Waals surface area contributed by atoms with E-state index in [1.165, 1.54) is 16.9 Å². The van der Waals surface area contributed by atoms with Crippen molar-refractivity contribution in [1.82, 2.24) is 4.98 Å². The molecule has 0 spiro atoms. The molecule has 1 amide bonds. The number of benzene rings is 3. The van der Waals surface area contributed by atoms with Gasteiger partial charge < -0.3 is 5.32 Å². The lowest BCUT2D eigenvalue weighted by Crippen LogP contribution is -2.13. The number of rotatable bonds is 7. The molecule has 0 unspecified atom stereocenters. The van der Waals surface area contributed by atoms with Gasteiger partial charge in [0.2, 0.25) is 5.91 Å². The van der Waals surface area contributed by atoms with Gasteiger partial charge in [-0.1, -0.05) is 89.2 Å². The molecule has 0 radical (unpaired) electrons. The molecule has 0 saturated heterocycles. The summed E-state index contributed by atoms with van der Waals surface area (Å²) in [4.78, 5) is 31.0. The lowest BCUT2D eigenvalue weighted by atomic mass is 9.99. The van der Waals surface area contributed by atoms with E-state index < -0.39 is 0 Å². The van der Waals surface area contributed by atoms with Crippen LogP contribution >= 0.6 is 11.3 Å². The van der Waals surface area contributed by atoms with Crippen molar-refractivity contribution in [3.8, 4) is 21.7 Å². The summed E-state index contributed by atoms with van der Waals surface area (Å²) in [6.07, 6.45) is 0.282. The molecule has 0 aliphatic heterocycles. The van der Waals surface area contributed by atoms with Crippen LogP contribution in [0, 0.1) is 20.8 Å². The Kier molecular flexibility index (Phi) is 6.80. The largest absolute Gasteiger partial charge is 0.302 e. The molecular formula is C28H26N2O2S. The maximum atomic E-state index is 12.6. The summed E-state index contributed by atoms with van der Waals surface area (Å²) in [6.45, 7) is 5.93. The lowest BCUT2D eigenvalue weighted by Gasteiger charge is -2.06. The van der Waals surface area contributed by atoms with Crippen LogP contribution in [-0.4, -0.2) is 16.7 Å². The van der Waals surface area contributed by atoms with Gasteiger partial charge >= 0.3 is 0 Å². The zero-order valence-corrected chi connectivity index (χ0v) is 19.8. The first-order chi connectivity index (χ1) is 15.9. The van der Waals surface area contributed by atoms with Crippen molar-refractivity contribution in [2.45, 2.75) is 33.6 Å². The van der Waals surface area contributed by atoms with Gasteiger partial charge in [-0.15, -0.1) is 0 Å². The summed E-state index contributed by atoms with van der Waals surface area (Å²) in [7, 11) is 0. The third-order valence-electron chi connectivity index (χ3n) is 5.51. The van der Waals surface area contributed by atoms with Crippen LogP contribution in [0.5, 0.6) is 0 Å². The van der Waals surface area contributed by atoms with E-state index in [9.17, 15) is 9.59 Å². The van der Waals surface area contributed by atoms with E-state index in [4.69, 9.17) is 4.98 Å². The molecule has 1 N–H and O–H groups in total. The Morgan fingerprint density at radius 1 is 0.818 bits per heavy atom. The molecule has 0 aliphatic carbocycles. The third-order valence-corrected chi connectivity index (χ3v) is 6.53. The number of hydrogen-bond donors (Lipinski definition) is 1. The van der Waals surface area contributed by atoms with Gasteiger partial charge in [-0.05, 0) is 38.0 Å². The summed E-state index contributed by atoms with van der Waals surface area (Å²) < 4.78 is 0. The Morgan fingerprint density at radius 2 is 1.52 bits per heavy atom. The van der Waals surface area contributed by atoms with Crippen LogP contribution in [0.15, 0.2) is 72.8 Å². The molecule has 0 atom stereocenters. The van der Waals surface area contributed by atoms with Crippen molar-refractivity contribution < 1.29 is 9.59 Å². The summed E-state index contributed by atoms with van der Waals surface area (Å²) in [5.74, 6) is -0.228. The minimum atomic E-state index is -0.211. The fraction of sp³-hybridized carbons (Fsp3) is 0.179. The third kappa shape index (κ3) is 5.44. The van der Waals surface area contributed by atoms with Crippen LogP contribution in [0.2, 0.25) is 0 Å². The number of hydrogen-bond acceptors (Lipinski definition) is 4. The summed E-state index contributed by atoms with van der Waals surface area (Å²) in [6, 6.07) is 24.0. The van der Waals surface area contributed by atoms with Crippen LogP contribution in [0.3, 0.4) is 0 Å². The monoisotopic (exact) mass is 454 g/mol. The first-order valence-corrected chi connectivity index (χ1v) is 11.8. The predicted octanol–water partition coefficient (Wildman–Crippen LogP) is 7.00. The Balaban J connectivity index is 1.52. The molecule has 5 heteroatoms. The molecule has 4 nitrogen and oxygen atoms in total. The van der Waals surface area contributed by atoms with E-state index in [2.05, 4.69) is 36.5 Å². The van der Waals surface area contributed by atoms with Gasteiger partial charge in [-0.2, -0.15) is 0 Å². The van der Waals surface area contributed by atoms with E-state index in [1.807, 2.05) is 62.4 Å². The zero-order valence-electron chi connectivity index (χ0n) is 19.0. The SMILES string of the molecule is Cc1ccc(-c2sc(NC(=O)CCC(=O)c3cc(C)ccc3C)nc2-c2ccccc2)cc1. The second-order valence-corrected chi connectivity index (χ2v) is 9.22. The number of nitrogens with zero attached hydrogens (tertiary/aromatic N) is 1. The summed E-state index contributed by atoms with van der Waals surface area (Å²) in [5, 5.41) is 3.44. The van der Waals surface area contributed by atoms with Gasteiger partial charge in [-0.25, -0.2) is 4.98 Å². The van der Waals surface area contributed by atoms with Crippen molar-refractivity contribution in [1.29, 1.82) is 0 Å². The minimum absolute atomic E-state index is 0.0178. The fourth-order valence-corrected chi connectivity index (χ4v) is 4.65. The average molecular weight is 455 g/mol. The van der Waals surface area contributed by atoms with Crippen molar-refractivity contribution in [2.24, 2.45) is 0 Å². The Bertz CT molecular complexity index is 1290. The molecule has 4 rings (SSSR count). The maximum absolute atomic E-state index is 12.6. The molecule has 0 saturated carbocycles. The number of amides is 1. The van der Waals surface area contributed by atoms with E-state index in [1.54, 1.807) is 0 Å². The maximum Gasteiger partial charge on any atom is 0.226 e. The molecule has 3 aromatic carbocycles. The minimum Gasteiger partial charge on any atom is -0.302 e. The molecule has 1 heterocycles. The lowest BCUT2D eigenvalue weighted by molar-refractivity contribution is -0.116. The van der Waals surface area contributed by atoms with Gasteiger partial charge in [0, 0.05) is 24.0 Å². The van der Waals surface area contributed by atoms with E-state index >= 15 is 0 Å². The number of carbonyl (C=O) groups excluding carboxylic acids is 2. The molecule has 0 bridgehead atoms. The molecule has 0 fully saturated rings. The second-order valence-electron chi connectivity index (χ2n) is 8.22. The molecule has 33 heavy (non-hydrogen) atoms. The van der Waals surface area contributed by atoms with E-state index in [-0.39, 0.29) is 24.5 Å². The van der Waals surface area contributed by atoms with Crippen molar-refractivity contribution in [2.75, 3.05) is 5.32 Å². The predicted molar refractivity (Wildman–Crippen MR) is 136 cm³/mol. The molecular weight excluding hydrogens is 428 g/mol. The molecule has 166 valence electrons. The number of carbonyl (C=O) groups is 2. The average Bonchev–Trinajstić information content (AvgIpc) is 3.23. The highest BCUT2D eigenvalue weighted by Crippen LogP contribution is 2.39. The van der Waals surface area contributed by atoms with Crippen molar-refractivity contribution in [3.05, 3.63) is 95.1 Å². The number of thiazole rings is 1. The van der Waals surface area contributed by atoms with Gasteiger partial charge in [0.25, 0.3) is 0 Å². The fourth-order valence-electron chi connectivity index (χ4n) is 3.65. The van der Waals surface area contributed by atoms with Gasteiger partial charge in [0.05, 0.1) is 10.6 Å². The van der Waals surface area contributed by atoms with Crippen LogP contribution < -0.4 is 5.32 Å².